The molecule has 222 valence electrons. The fourth-order valence-corrected chi connectivity index (χ4v) is 6.50. The monoisotopic (exact) mass is 728 g/mol. The van der Waals surface area contributed by atoms with Crippen molar-refractivity contribution in [1.29, 1.82) is 0 Å². The number of carbonyl (C=O) groups is 1. The molecule has 0 fully saturated rings. The summed E-state index contributed by atoms with van der Waals surface area (Å²) in [6.07, 6.45) is 1.76. The lowest BCUT2D eigenvalue weighted by atomic mass is 9.95. The number of hydrogen-bond acceptors (Lipinski definition) is 7. The van der Waals surface area contributed by atoms with E-state index in [-0.39, 0.29) is 12.2 Å². The molecule has 3 aromatic carbocycles. The van der Waals surface area contributed by atoms with Crippen molar-refractivity contribution >= 4 is 57.6 Å². The number of ether oxygens (including phenoxy) is 3. The van der Waals surface area contributed by atoms with Gasteiger partial charge in [-0.25, -0.2) is 9.79 Å². The average molecular weight is 729 g/mol. The van der Waals surface area contributed by atoms with E-state index >= 15 is 0 Å². The second-order valence-electron chi connectivity index (χ2n) is 9.89. The van der Waals surface area contributed by atoms with Crippen molar-refractivity contribution in [2.75, 3.05) is 13.2 Å². The fraction of sp³-hybridized carbons (Fsp3) is 0.242. The summed E-state index contributed by atoms with van der Waals surface area (Å²) in [7, 11) is 0. The summed E-state index contributed by atoms with van der Waals surface area (Å²) in [6.45, 7) is 8.36. The van der Waals surface area contributed by atoms with Gasteiger partial charge in [-0.1, -0.05) is 64.9 Å². The zero-order valence-corrected chi connectivity index (χ0v) is 27.9. The maximum Gasteiger partial charge on any atom is 0.338 e. The normalized spacial score (nSPS) is 14.7. The molecule has 0 radical (unpaired) electrons. The van der Waals surface area contributed by atoms with E-state index in [1.54, 1.807) is 30.6 Å². The second-order valence-corrected chi connectivity index (χ2v) is 12.6. The van der Waals surface area contributed by atoms with Crippen LogP contribution in [-0.4, -0.2) is 23.8 Å². The summed E-state index contributed by atoms with van der Waals surface area (Å²) in [6, 6.07) is 18.7. The number of aromatic nitrogens is 1. The van der Waals surface area contributed by atoms with Crippen LogP contribution in [0.4, 0.5) is 0 Å². The van der Waals surface area contributed by atoms with Gasteiger partial charge in [0.2, 0.25) is 0 Å². The molecule has 0 unspecified atom stereocenters. The van der Waals surface area contributed by atoms with Gasteiger partial charge < -0.3 is 14.2 Å². The molecule has 1 atom stereocenters. The highest BCUT2D eigenvalue weighted by atomic mass is 127. The van der Waals surface area contributed by atoms with Gasteiger partial charge in [-0.05, 0) is 97.3 Å². The van der Waals surface area contributed by atoms with Crippen molar-refractivity contribution in [2.24, 2.45) is 4.99 Å². The van der Waals surface area contributed by atoms with E-state index in [9.17, 15) is 9.59 Å². The number of esters is 1. The zero-order chi connectivity index (χ0) is 30.7. The van der Waals surface area contributed by atoms with Crippen molar-refractivity contribution < 1.29 is 19.0 Å². The summed E-state index contributed by atoms with van der Waals surface area (Å²) in [4.78, 5) is 32.2. The van der Waals surface area contributed by atoms with Crippen LogP contribution < -0.4 is 24.4 Å². The van der Waals surface area contributed by atoms with E-state index in [1.807, 2.05) is 68.4 Å². The molecule has 2 heterocycles. The first-order valence-electron chi connectivity index (χ1n) is 13.8. The molecule has 0 amide bonds. The molecule has 0 saturated carbocycles. The number of hydrogen-bond donors (Lipinski definition) is 0. The third kappa shape index (κ3) is 6.73. The van der Waals surface area contributed by atoms with E-state index < -0.39 is 12.0 Å². The van der Waals surface area contributed by atoms with Crippen LogP contribution in [0.15, 0.2) is 81.7 Å². The molecule has 0 spiro atoms. The molecule has 7 nitrogen and oxygen atoms in total. The highest BCUT2D eigenvalue weighted by Crippen LogP contribution is 2.37. The van der Waals surface area contributed by atoms with E-state index in [4.69, 9.17) is 25.8 Å². The van der Waals surface area contributed by atoms with Crippen LogP contribution in [0, 0.1) is 10.5 Å². The predicted octanol–water partition coefficient (Wildman–Crippen LogP) is 6.34. The highest BCUT2D eigenvalue weighted by molar-refractivity contribution is 14.1. The number of halogens is 2. The Hall–Kier alpha value is -3.41. The molecule has 5 rings (SSSR count). The number of fused-ring (bicyclic) bond motifs is 1. The first kappa shape index (κ1) is 31.0. The van der Waals surface area contributed by atoms with Crippen LogP contribution in [0.25, 0.3) is 6.08 Å². The van der Waals surface area contributed by atoms with Gasteiger partial charge in [0.25, 0.3) is 5.56 Å². The Morgan fingerprint density at radius 3 is 2.44 bits per heavy atom. The molecule has 43 heavy (non-hydrogen) atoms. The first-order valence-corrected chi connectivity index (χ1v) is 16.1. The van der Waals surface area contributed by atoms with Crippen LogP contribution in [0.5, 0.6) is 11.5 Å². The number of nitrogens with zero attached hydrogens (tertiary/aromatic N) is 2. The van der Waals surface area contributed by atoms with Crippen LogP contribution in [0.3, 0.4) is 0 Å². The summed E-state index contributed by atoms with van der Waals surface area (Å²) in [5.74, 6) is 0.435. The highest BCUT2D eigenvalue weighted by Gasteiger charge is 2.33. The minimum Gasteiger partial charge on any atom is -0.490 e. The van der Waals surface area contributed by atoms with E-state index in [0.717, 1.165) is 20.3 Å². The molecule has 0 saturated heterocycles. The van der Waals surface area contributed by atoms with Gasteiger partial charge in [-0.15, -0.1) is 0 Å². The van der Waals surface area contributed by atoms with Crippen molar-refractivity contribution in [1.82, 2.24) is 4.57 Å². The minimum absolute atomic E-state index is 0.216. The van der Waals surface area contributed by atoms with Gasteiger partial charge in [-0.2, -0.15) is 0 Å². The molecule has 0 aliphatic carbocycles. The second kappa shape index (κ2) is 13.5. The Labute approximate surface area is 272 Å². The summed E-state index contributed by atoms with van der Waals surface area (Å²) in [5.41, 5.74) is 4.15. The number of benzene rings is 3. The Morgan fingerprint density at radius 1 is 1.05 bits per heavy atom. The van der Waals surface area contributed by atoms with Gasteiger partial charge in [0.05, 0.1) is 40.1 Å². The summed E-state index contributed by atoms with van der Waals surface area (Å²) in [5, 5.41) is 0.369. The Bertz CT molecular complexity index is 1880. The number of thiazole rings is 1. The van der Waals surface area contributed by atoms with Crippen LogP contribution in [0.2, 0.25) is 5.02 Å². The minimum atomic E-state index is -0.669. The molecule has 1 aromatic heterocycles. The molecule has 1 aliphatic rings. The molecule has 1 aliphatic heterocycles. The van der Waals surface area contributed by atoms with Gasteiger partial charge in [0, 0.05) is 3.57 Å². The quantitative estimate of drug-likeness (QED) is 0.149. The summed E-state index contributed by atoms with van der Waals surface area (Å²) < 4.78 is 20.5. The Balaban J connectivity index is 1.58. The average Bonchev–Trinajstić information content (AvgIpc) is 3.27. The van der Waals surface area contributed by atoms with Gasteiger partial charge in [0.1, 0.15) is 6.61 Å². The Morgan fingerprint density at radius 2 is 1.77 bits per heavy atom. The Kier molecular flexibility index (Phi) is 9.73. The lowest BCUT2D eigenvalue weighted by Crippen LogP contribution is -2.39. The lowest BCUT2D eigenvalue weighted by molar-refractivity contribution is -0.139. The van der Waals surface area contributed by atoms with Crippen LogP contribution >= 0.6 is 45.5 Å². The number of rotatable bonds is 9. The van der Waals surface area contributed by atoms with Crippen LogP contribution in [-0.2, 0) is 16.1 Å². The van der Waals surface area contributed by atoms with Crippen molar-refractivity contribution in [3.05, 3.63) is 122 Å². The van der Waals surface area contributed by atoms with E-state index in [0.29, 0.717) is 55.9 Å². The molecule has 0 bridgehead atoms. The third-order valence-corrected chi connectivity index (χ3v) is 8.82. The molecule has 10 heteroatoms. The predicted molar refractivity (Wildman–Crippen MR) is 178 cm³/mol. The smallest absolute Gasteiger partial charge is 0.338 e. The number of carbonyl (C=O) groups excluding carboxylic acids is 1. The maximum atomic E-state index is 14.0. The third-order valence-electron chi connectivity index (χ3n) is 6.84. The van der Waals surface area contributed by atoms with Crippen LogP contribution in [0.1, 0.15) is 49.1 Å². The fourth-order valence-electron chi connectivity index (χ4n) is 4.82. The summed E-state index contributed by atoms with van der Waals surface area (Å²) >= 11 is 10.2. The van der Waals surface area contributed by atoms with Gasteiger partial charge in [-0.3, -0.25) is 9.36 Å². The SMILES string of the molecule is CCOC(=O)C1=C(C)N=c2s/c(=C/c3cc(Cl)c(OCc4ccc(I)cc4)c(OCC)c3)c(=O)n2[C@@H]1c1ccc(C)cc1. The van der Waals surface area contributed by atoms with Crippen molar-refractivity contribution in [3.63, 3.8) is 0 Å². The molecule has 0 N–H and O–H groups in total. The molecular formula is C33H30ClIN2O5S. The van der Waals surface area contributed by atoms with E-state index in [2.05, 4.69) is 27.6 Å². The molecule has 4 aromatic rings. The maximum absolute atomic E-state index is 14.0. The lowest BCUT2D eigenvalue weighted by Gasteiger charge is -2.24. The van der Waals surface area contributed by atoms with Gasteiger partial charge >= 0.3 is 5.97 Å². The molecular weight excluding hydrogens is 699 g/mol. The number of aryl methyl sites for hydroxylation is 1. The standard InChI is InChI=1S/C33H30ClIN2O5S/c1-5-40-26-16-22(15-25(34)30(26)42-18-21-9-13-24(35)14-10-21)17-27-31(38)37-29(23-11-7-19(3)8-12-23)28(32(39)41-6-2)20(4)36-33(37)43-27/h7-17,29H,5-6,18H2,1-4H3/b27-17+/t29-/m1/s1. The zero-order valence-electron chi connectivity index (χ0n) is 24.1. The van der Waals surface area contributed by atoms with Crippen molar-refractivity contribution in [3.8, 4) is 11.5 Å². The topological polar surface area (TPSA) is 79.1 Å². The first-order chi connectivity index (χ1) is 20.7. The van der Waals surface area contributed by atoms with Gasteiger partial charge in [0.15, 0.2) is 16.3 Å². The largest absolute Gasteiger partial charge is 0.490 e. The van der Waals surface area contributed by atoms with Crippen molar-refractivity contribution in [2.45, 2.75) is 40.3 Å². The van der Waals surface area contributed by atoms with E-state index in [1.165, 1.54) is 11.3 Å². The number of allylic oxidation sites excluding steroid dienone is 1.